The molecule has 12 heteroatoms. The van der Waals surface area contributed by atoms with Crippen LogP contribution in [0.15, 0.2) is 71.1 Å². The first-order valence-electron chi connectivity index (χ1n) is 15.3. The van der Waals surface area contributed by atoms with Crippen molar-refractivity contribution in [1.29, 1.82) is 0 Å². The molecule has 0 aliphatic carbocycles. The van der Waals surface area contributed by atoms with Crippen LogP contribution < -0.4 is 26.2 Å². The van der Waals surface area contributed by atoms with E-state index in [1.165, 1.54) is 19.8 Å². The van der Waals surface area contributed by atoms with E-state index in [4.69, 9.17) is 14.2 Å². The topological polar surface area (TPSA) is 147 Å². The van der Waals surface area contributed by atoms with Gasteiger partial charge in [0.1, 0.15) is 5.75 Å². The van der Waals surface area contributed by atoms with Gasteiger partial charge in [-0.1, -0.05) is 24.3 Å². The lowest BCUT2D eigenvalue weighted by atomic mass is 9.80. The molecule has 0 radical (unpaired) electrons. The quantitative estimate of drug-likeness (QED) is 0.224. The molecule has 1 fully saturated rings. The summed E-state index contributed by atoms with van der Waals surface area (Å²) in [6.07, 6.45) is 3.05. The lowest BCUT2D eigenvalue weighted by Gasteiger charge is -2.32. The predicted molar refractivity (Wildman–Crippen MR) is 173 cm³/mol. The second-order valence-corrected chi connectivity index (χ2v) is 11.4. The van der Waals surface area contributed by atoms with E-state index in [0.29, 0.717) is 35.0 Å². The molecule has 2 aromatic rings. The van der Waals surface area contributed by atoms with Crippen LogP contribution in [0.2, 0.25) is 0 Å². The highest BCUT2D eigenvalue weighted by Gasteiger charge is 2.37. The number of methoxy groups -OCH3 is 3. The van der Waals surface area contributed by atoms with Gasteiger partial charge in [-0.05, 0) is 94.1 Å². The molecule has 4 N–H and O–H groups in total. The summed E-state index contributed by atoms with van der Waals surface area (Å²) in [4.78, 5) is 53.0. The molecule has 2 aliphatic heterocycles. The number of benzene rings is 2. The second-order valence-electron chi connectivity index (χ2n) is 11.4. The van der Waals surface area contributed by atoms with Crippen molar-refractivity contribution in [3.05, 3.63) is 82.2 Å². The highest BCUT2D eigenvalue weighted by Crippen LogP contribution is 2.39. The van der Waals surface area contributed by atoms with Gasteiger partial charge in [0.15, 0.2) is 0 Å². The third-order valence-corrected chi connectivity index (χ3v) is 8.40. The highest BCUT2D eigenvalue weighted by atomic mass is 16.5. The number of nitrogens with one attached hydrogen (secondary N) is 4. The van der Waals surface area contributed by atoms with Gasteiger partial charge < -0.3 is 29.7 Å². The fourth-order valence-electron chi connectivity index (χ4n) is 6.08. The zero-order chi connectivity index (χ0) is 33.2. The summed E-state index contributed by atoms with van der Waals surface area (Å²) in [5.74, 6) is -0.901. The van der Waals surface area contributed by atoms with Gasteiger partial charge in [-0.3, -0.25) is 10.2 Å². The number of hydrazine groups is 1. The van der Waals surface area contributed by atoms with Gasteiger partial charge in [0.2, 0.25) is 5.91 Å². The number of carbonyl (C=O) groups excluding carboxylic acids is 4. The van der Waals surface area contributed by atoms with Crippen molar-refractivity contribution < 1.29 is 33.4 Å². The van der Waals surface area contributed by atoms with Crippen molar-refractivity contribution >= 4 is 29.6 Å². The van der Waals surface area contributed by atoms with Crippen molar-refractivity contribution in [2.45, 2.75) is 51.4 Å². The number of piperidine rings is 1. The maximum Gasteiger partial charge on any atom is 0.337 e. The lowest BCUT2D eigenvalue weighted by Crippen LogP contribution is -2.44. The molecule has 0 atom stereocenters. The minimum Gasteiger partial charge on any atom is -0.497 e. The monoisotopic (exact) mass is 633 g/mol. The maximum absolute atomic E-state index is 12.8. The van der Waals surface area contributed by atoms with Gasteiger partial charge in [-0.25, -0.2) is 19.8 Å². The number of nitrogens with zero attached hydrogens (tertiary/aromatic N) is 1. The maximum atomic E-state index is 12.8. The van der Waals surface area contributed by atoms with Crippen molar-refractivity contribution in [2.24, 2.45) is 0 Å². The summed E-state index contributed by atoms with van der Waals surface area (Å²) in [7, 11) is 4.22. The van der Waals surface area contributed by atoms with Crippen LogP contribution in [0.1, 0.15) is 62.5 Å². The third-order valence-electron chi connectivity index (χ3n) is 8.40. The summed E-state index contributed by atoms with van der Waals surface area (Å²) in [6, 6.07) is 14.4. The second kappa shape index (κ2) is 15.9. The molecule has 46 heavy (non-hydrogen) atoms. The minimum absolute atomic E-state index is 0.253. The summed E-state index contributed by atoms with van der Waals surface area (Å²) in [6.45, 7) is 6.18. The molecule has 2 heterocycles. The lowest BCUT2D eigenvalue weighted by molar-refractivity contribution is -0.137. The van der Waals surface area contributed by atoms with Gasteiger partial charge in [0.05, 0.1) is 38.4 Å². The summed E-state index contributed by atoms with van der Waals surface area (Å²) in [5, 5.41) is 5.75. The van der Waals surface area contributed by atoms with E-state index < -0.39 is 23.9 Å². The largest absolute Gasteiger partial charge is 0.497 e. The van der Waals surface area contributed by atoms with E-state index in [-0.39, 0.29) is 23.5 Å². The number of carbonyl (C=O) groups is 4. The Morgan fingerprint density at radius 3 is 2.11 bits per heavy atom. The molecular weight excluding hydrogens is 590 g/mol. The smallest absolute Gasteiger partial charge is 0.337 e. The molecule has 12 nitrogen and oxygen atoms in total. The molecule has 0 saturated carbocycles. The van der Waals surface area contributed by atoms with Crippen molar-refractivity contribution in [2.75, 3.05) is 46.3 Å². The van der Waals surface area contributed by atoms with Crippen LogP contribution in [0, 0.1) is 0 Å². The number of rotatable bonds is 10. The Balaban J connectivity index is 1.27. The molecule has 0 bridgehead atoms. The zero-order valence-corrected chi connectivity index (χ0v) is 27.0. The number of dihydropyridines is 1. The normalized spacial score (nSPS) is 15.9. The van der Waals surface area contributed by atoms with E-state index in [0.717, 1.165) is 38.2 Å². The molecule has 0 aromatic heterocycles. The molecule has 246 valence electrons. The first-order chi connectivity index (χ1) is 22.1. The third kappa shape index (κ3) is 8.45. The number of urea groups is 1. The van der Waals surface area contributed by atoms with Crippen LogP contribution in [0.3, 0.4) is 0 Å². The van der Waals surface area contributed by atoms with Gasteiger partial charge in [-0.15, -0.1) is 0 Å². The van der Waals surface area contributed by atoms with Crippen LogP contribution in [-0.4, -0.2) is 69.7 Å². The number of hydrogen-bond donors (Lipinski definition) is 4. The molecule has 0 spiro atoms. The van der Waals surface area contributed by atoms with Crippen molar-refractivity contribution in [3.8, 4) is 5.75 Å². The van der Waals surface area contributed by atoms with Gasteiger partial charge >= 0.3 is 18.0 Å². The van der Waals surface area contributed by atoms with Crippen molar-refractivity contribution in [3.63, 3.8) is 0 Å². The summed E-state index contributed by atoms with van der Waals surface area (Å²) in [5.41, 5.74) is 8.69. The SMILES string of the molecule is COC(=O)C1=C(C)NC(C)=C(C(=O)OC)C1c1cccc(NC(=O)NNC(=O)CCCN2CCC(c3cccc(OC)c3)CC2)c1. The van der Waals surface area contributed by atoms with E-state index in [1.54, 1.807) is 45.2 Å². The number of ether oxygens (including phenoxy) is 3. The number of hydrogen-bond acceptors (Lipinski definition) is 9. The molecule has 2 aromatic carbocycles. The van der Waals surface area contributed by atoms with Gasteiger partial charge in [-0.2, -0.15) is 0 Å². The Kier molecular flexibility index (Phi) is 11.8. The van der Waals surface area contributed by atoms with Crippen LogP contribution in [0.4, 0.5) is 10.5 Å². The van der Waals surface area contributed by atoms with Gasteiger partial charge in [0, 0.05) is 23.5 Å². The van der Waals surface area contributed by atoms with Crippen LogP contribution in [0.5, 0.6) is 5.75 Å². The number of anilines is 1. The molecule has 3 amide bonds. The number of esters is 2. The van der Waals surface area contributed by atoms with Crippen LogP contribution in [-0.2, 0) is 23.9 Å². The molecule has 4 rings (SSSR count). The number of likely N-dealkylation sites (tertiary alicyclic amines) is 1. The average molecular weight is 634 g/mol. The Bertz CT molecular complexity index is 1470. The fourth-order valence-corrected chi connectivity index (χ4v) is 6.08. The van der Waals surface area contributed by atoms with Crippen LogP contribution in [0.25, 0.3) is 0 Å². The molecule has 1 saturated heterocycles. The number of amides is 3. The molecule has 0 unspecified atom stereocenters. The fraction of sp³-hybridized carbons (Fsp3) is 0.412. The Labute approximate surface area is 269 Å². The average Bonchev–Trinajstić information content (AvgIpc) is 3.06. The summed E-state index contributed by atoms with van der Waals surface area (Å²) < 4.78 is 15.4. The Hall–Kier alpha value is -4.84. The van der Waals surface area contributed by atoms with E-state index in [9.17, 15) is 19.2 Å². The molecular formula is C34H43N5O7. The van der Waals surface area contributed by atoms with Crippen LogP contribution >= 0.6 is 0 Å². The van der Waals surface area contributed by atoms with E-state index >= 15 is 0 Å². The Morgan fingerprint density at radius 2 is 1.48 bits per heavy atom. The first-order valence-corrected chi connectivity index (χ1v) is 15.3. The van der Waals surface area contributed by atoms with Crippen molar-refractivity contribution in [1.82, 2.24) is 21.1 Å². The highest BCUT2D eigenvalue weighted by molar-refractivity contribution is 6.00. The number of allylic oxidation sites excluding steroid dienone is 2. The Morgan fingerprint density at radius 1 is 0.848 bits per heavy atom. The summed E-state index contributed by atoms with van der Waals surface area (Å²) >= 11 is 0. The zero-order valence-electron chi connectivity index (χ0n) is 27.0. The predicted octanol–water partition coefficient (Wildman–Crippen LogP) is 4.09. The van der Waals surface area contributed by atoms with Gasteiger partial charge in [0.25, 0.3) is 0 Å². The molecule has 2 aliphatic rings. The van der Waals surface area contributed by atoms with E-state index in [1.807, 2.05) is 12.1 Å². The van der Waals surface area contributed by atoms with E-state index in [2.05, 4.69) is 38.5 Å². The first kappa shape index (κ1) is 34.0. The standard InChI is InChI=1S/C34H43N5O7/c1-21-29(32(41)45-4)31(30(22(2)35-21)33(42)46-5)25-10-6-11-26(19-25)36-34(43)38-37-28(40)13-8-16-39-17-14-23(15-18-39)24-9-7-12-27(20-24)44-3/h6-7,9-12,19-20,23,31,35H,8,13-18H2,1-5H3,(H,37,40)(H2,36,38,43). The minimum atomic E-state index is -0.793.